The fourth-order valence-corrected chi connectivity index (χ4v) is 3.11. The summed E-state index contributed by atoms with van der Waals surface area (Å²) in [5.74, 6) is 1.48. The van der Waals surface area contributed by atoms with Gasteiger partial charge in [0.1, 0.15) is 0 Å². The molecule has 1 saturated heterocycles. The van der Waals surface area contributed by atoms with Crippen molar-refractivity contribution in [3.63, 3.8) is 0 Å². The van der Waals surface area contributed by atoms with Gasteiger partial charge in [-0.2, -0.15) is 4.68 Å². The quantitative estimate of drug-likeness (QED) is 0.928. The Bertz CT molecular complexity index is 726. The van der Waals surface area contributed by atoms with Crippen LogP contribution in [-0.4, -0.2) is 50.6 Å². The number of nitrogens with one attached hydrogen (secondary N) is 1. The molecule has 1 aromatic carbocycles. The van der Waals surface area contributed by atoms with Crippen molar-refractivity contribution in [2.24, 2.45) is 5.92 Å². The lowest BCUT2D eigenvalue weighted by Crippen LogP contribution is -2.41. The number of aromatic nitrogens is 4. The molecular formula is C17H24N6O. The summed E-state index contributed by atoms with van der Waals surface area (Å²) >= 11 is 0. The van der Waals surface area contributed by atoms with E-state index in [0.29, 0.717) is 12.5 Å². The number of rotatable bonds is 4. The second-order valence-electron chi connectivity index (χ2n) is 6.58. The highest BCUT2D eigenvalue weighted by molar-refractivity contribution is 5.81. The molecule has 0 radical (unpaired) electrons. The number of hydrogen-bond donors (Lipinski definition) is 1. The highest BCUT2D eigenvalue weighted by Crippen LogP contribution is 2.20. The minimum Gasteiger partial charge on any atom is -0.376 e. The van der Waals surface area contributed by atoms with E-state index < -0.39 is 0 Å². The maximum atomic E-state index is 12.4. The molecule has 1 amide bonds. The zero-order valence-corrected chi connectivity index (χ0v) is 14.5. The Morgan fingerprint density at radius 1 is 1.38 bits per heavy atom. The molecule has 7 heteroatoms. The monoisotopic (exact) mass is 328 g/mol. The molecule has 3 rings (SSSR count). The van der Waals surface area contributed by atoms with E-state index in [1.165, 1.54) is 6.42 Å². The largest absolute Gasteiger partial charge is 0.376 e. The summed E-state index contributed by atoms with van der Waals surface area (Å²) in [4.78, 5) is 14.3. The molecule has 0 spiro atoms. The number of aryl methyl sites for hydroxylation is 2. The molecule has 0 aliphatic carbocycles. The number of likely N-dealkylation sites (tertiary alicyclic amines) is 1. The average molecular weight is 328 g/mol. The number of carbonyl (C=O) groups excluding carboxylic acids is 1. The van der Waals surface area contributed by atoms with Gasteiger partial charge in [0.2, 0.25) is 5.91 Å². The SMILES string of the molecule is Cc1ccc(NCC(=O)N2CCC[C@@H](C)C2)cc1-n1nnnc1C. The predicted octanol–water partition coefficient (Wildman–Crippen LogP) is 1.95. The molecule has 1 aliphatic rings. The number of anilines is 1. The van der Waals surface area contributed by atoms with E-state index in [0.717, 1.165) is 42.3 Å². The number of carbonyl (C=O) groups is 1. The maximum absolute atomic E-state index is 12.4. The minimum absolute atomic E-state index is 0.155. The molecule has 0 bridgehead atoms. The molecule has 1 aromatic heterocycles. The van der Waals surface area contributed by atoms with Crippen molar-refractivity contribution in [3.8, 4) is 5.69 Å². The highest BCUT2D eigenvalue weighted by Gasteiger charge is 2.20. The molecule has 2 aromatic rings. The molecule has 2 heterocycles. The van der Waals surface area contributed by atoms with Crippen molar-refractivity contribution in [3.05, 3.63) is 29.6 Å². The zero-order chi connectivity index (χ0) is 17.1. The van der Waals surface area contributed by atoms with Gasteiger partial charge in [-0.1, -0.05) is 13.0 Å². The third-order valence-corrected chi connectivity index (χ3v) is 4.52. The molecule has 1 fully saturated rings. The number of nitrogens with zero attached hydrogens (tertiary/aromatic N) is 5. The van der Waals surface area contributed by atoms with Gasteiger partial charge in [-0.05, 0) is 60.7 Å². The topological polar surface area (TPSA) is 75.9 Å². The van der Waals surface area contributed by atoms with Crippen LogP contribution in [0.1, 0.15) is 31.2 Å². The summed E-state index contributed by atoms with van der Waals surface area (Å²) in [6, 6.07) is 5.96. The van der Waals surface area contributed by atoms with Gasteiger partial charge < -0.3 is 10.2 Å². The summed E-state index contributed by atoms with van der Waals surface area (Å²) < 4.78 is 1.70. The van der Waals surface area contributed by atoms with Crippen LogP contribution in [0.4, 0.5) is 5.69 Å². The molecule has 24 heavy (non-hydrogen) atoms. The Balaban J connectivity index is 1.68. The third kappa shape index (κ3) is 3.55. The van der Waals surface area contributed by atoms with E-state index >= 15 is 0 Å². The van der Waals surface area contributed by atoms with Crippen molar-refractivity contribution < 1.29 is 4.79 Å². The number of benzene rings is 1. The summed E-state index contributed by atoms with van der Waals surface area (Å²) in [5, 5.41) is 14.9. The average Bonchev–Trinajstić information content (AvgIpc) is 2.99. The Labute approximate surface area is 142 Å². The summed E-state index contributed by atoms with van der Waals surface area (Å²) in [6.45, 7) is 8.12. The fourth-order valence-electron chi connectivity index (χ4n) is 3.11. The Morgan fingerprint density at radius 3 is 2.92 bits per heavy atom. The molecule has 1 atom stereocenters. The highest BCUT2D eigenvalue weighted by atomic mass is 16.2. The zero-order valence-electron chi connectivity index (χ0n) is 14.5. The van der Waals surface area contributed by atoms with Crippen LogP contribution in [0.2, 0.25) is 0 Å². The van der Waals surface area contributed by atoms with Crippen LogP contribution in [0.3, 0.4) is 0 Å². The Morgan fingerprint density at radius 2 is 2.21 bits per heavy atom. The van der Waals surface area contributed by atoms with Crippen LogP contribution >= 0.6 is 0 Å². The summed E-state index contributed by atoms with van der Waals surface area (Å²) in [6.07, 6.45) is 2.31. The Hall–Kier alpha value is -2.44. The van der Waals surface area contributed by atoms with Gasteiger partial charge in [0.15, 0.2) is 5.82 Å². The van der Waals surface area contributed by atoms with Crippen molar-refractivity contribution in [2.45, 2.75) is 33.6 Å². The van der Waals surface area contributed by atoms with E-state index in [-0.39, 0.29) is 5.91 Å². The second-order valence-corrected chi connectivity index (χ2v) is 6.58. The lowest BCUT2D eigenvalue weighted by molar-refractivity contribution is -0.130. The predicted molar refractivity (Wildman–Crippen MR) is 92.1 cm³/mol. The van der Waals surface area contributed by atoms with E-state index in [4.69, 9.17) is 0 Å². The van der Waals surface area contributed by atoms with E-state index in [2.05, 4.69) is 27.8 Å². The van der Waals surface area contributed by atoms with Crippen LogP contribution in [0, 0.1) is 19.8 Å². The van der Waals surface area contributed by atoms with Crippen LogP contribution in [0.15, 0.2) is 18.2 Å². The first-order valence-electron chi connectivity index (χ1n) is 8.42. The second kappa shape index (κ2) is 6.98. The third-order valence-electron chi connectivity index (χ3n) is 4.52. The van der Waals surface area contributed by atoms with Gasteiger partial charge in [-0.25, -0.2) is 0 Å². The van der Waals surface area contributed by atoms with E-state index in [9.17, 15) is 4.79 Å². The normalized spacial score (nSPS) is 17.8. The van der Waals surface area contributed by atoms with Gasteiger partial charge in [-0.3, -0.25) is 4.79 Å². The first-order chi connectivity index (χ1) is 11.5. The lowest BCUT2D eigenvalue weighted by Gasteiger charge is -2.31. The summed E-state index contributed by atoms with van der Waals surface area (Å²) in [5.41, 5.74) is 2.89. The van der Waals surface area contributed by atoms with Gasteiger partial charge in [0, 0.05) is 18.8 Å². The van der Waals surface area contributed by atoms with Gasteiger partial charge in [0.25, 0.3) is 0 Å². The molecule has 128 valence electrons. The van der Waals surface area contributed by atoms with Crippen LogP contribution in [-0.2, 0) is 4.79 Å². The molecule has 0 unspecified atom stereocenters. The minimum atomic E-state index is 0.155. The number of hydrogen-bond acceptors (Lipinski definition) is 5. The van der Waals surface area contributed by atoms with Gasteiger partial charge >= 0.3 is 0 Å². The van der Waals surface area contributed by atoms with Crippen molar-refractivity contribution in [2.75, 3.05) is 25.0 Å². The standard InChI is InChI=1S/C17H24N6O/c1-12-5-4-8-22(11-12)17(24)10-18-15-7-6-13(2)16(9-15)23-14(3)19-20-21-23/h6-7,9,12,18H,4-5,8,10-11H2,1-3H3/t12-/m1/s1. The van der Waals surface area contributed by atoms with Crippen LogP contribution in [0.25, 0.3) is 5.69 Å². The van der Waals surface area contributed by atoms with Crippen molar-refractivity contribution in [1.29, 1.82) is 0 Å². The number of tetrazole rings is 1. The molecular weight excluding hydrogens is 304 g/mol. The first-order valence-corrected chi connectivity index (χ1v) is 8.42. The Kier molecular flexibility index (Phi) is 4.78. The molecule has 1 N–H and O–H groups in total. The first kappa shape index (κ1) is 16.4. The lowest BCUT2D eigenvalue weighted by atomic mass is 10.0. The molecule has 0 saturated carbocycles. The van der Waals surface area contributed by atoms with Crippen molar-refractivity contribution in [1.82, 2.24) is 25.1 Å². The fraction of sp³-hybridized carbons (Fsp3) is 0.529. The van der Waals surface area contributed by atoms with E-state index in [1.807, 2.05) is 36.9 Å². The maximum Gasteiger partial charge on any atom is 0.241 e. The number of piperidine rings is 1. The van der Waals surface area contributed by atoms with Crippen molar-refractivity contribution >= 4 is 11.6 Å². The number of amides is 1. The van der Waals surface area contributed by atoms with Gasteiger partial charge in [-0.15, -0.1) is 5.10 Å². The smallest absolute Gasteiger partial charge is 0.241 e. The summed E-state index contributed by atoms with van der Waals surface area (Å²) in [7, 11) is 0. The van der Waals surface area contributed by atoms with Crippen LogP contribution in [0.5, 0.6) is 0 Å². The molecule has 7 nitrogen and oxygen atoms in total. The van der Waals surface area contributed by atoms with Crippen LogP contribution < -0.4 is 5.32 Å². The van der Waals surface area contributed by atoms with E-state index in [1.54, 1.807) is 4.68 Å². The molecule has 1 aliphatic heterocycles. The van der Waals surface area contributed by atoms with Gasteiger partial charge in [0.05, 0.1) is 12.2 Å².